The second-order valence-electron chi connectivity index (χ2n) is 2.18. The van der Waals surface area contributed by atoms with Crippen LogP contribution in [0.25, 0.3) is 6.08 Å². The third-order valence-corrected chi connectivity index (χ3v) is 1.32. The van der Waals surface area contributed by atoms with Crippen molar-refractivity contribution >= 4 is 12.3 Å². The molecule has 0 fully saturated rings. The van der Waals surface area contributed by atoms with Crippen LogP contribution in [0.15, 0.2) is 41.4 Å². The van der Waals surface area contributed by atoms with Crippen LogP contribution in [0, 0.1) is 0 Å². The van der Waals surface area contributed by atoms with E-state index in [0.29, 0.717) is 0 Å². The lowest BCUT2D eigenvalue weighted by Crippen LogP contribution is -1.68. The average Bonchev–Trinajstić information content (AvgIpc) is 2.07. The summed E-state index contributed by atoms with van der Waals surface area (Å²) in [4.78, 5) is 3.84. The maximum atomic E-state index is 3.84. The van der Waals surface area contributed by atoms with Gasteiger partial charge in [-0.25, -0.2) is 0 Å². The first kappa shape index (κ1) is 7.73. The number of aliphatic imine (C=N–C) groups is 1. The van der Waals surface area contributed by atoms with Crippen molar-refractivity contribution in [3.63, 3.8) is 0 Å². The van der Waals surface area contributed by atoms with Crippen LogP contribution in [0.1, 0.15) is 5.56 Å². The van der Waals surface area contributed by atoms with Gasteiger partial charge in [-0.2, -0.15) is 0 Å². The van der Waals surface area contributed by atoms with E-state index in [1.165, 1.54) is 5.56 Å². The summed E-state index contributed by atoms with van der Waals surface area (Å²) in [6.45, 7) is 0. The molecule has 0 amide bonds. The van der Waals surface area contributed by atoms with Gasteiger partial charge >= 0.3 is 0 Å². The van der Waals surface area contributed by atoms with Gasteiger partial charge in [0.2, 0.25) is 0 Å². The van der Waals surface area contributed by atoms with E-state index in [-0.39, 0.29) is 0 Å². The molecular formula is C10H11N. The highest BCUT2D eigenvalue weighted by Gasteiger charge is 1.78. The summed E-state index contributed by atoms with van der Waals surface area (Å²) in [5, 5.41) is 0. The van der Waals surface area contributed by atoms with Crippen LogP contribution in [-0.2, 0) is 0 Å². The highest BCUT2D eigenvalue weighted by Crippen LogP contribution is 1.99. The van der Waals surface area contributed by atoms with Crippen molar-refractivity contribution in [3.05, 3.63) is 42.0 Å². The Labute approximate surface area is 67.1 Å². The molecule has 0 aromatic heterocycles. The van der Waals surface area contributed by atoms with E-state index in [9.17, 15) is 0 Å². The zero-order valence-electron chi connectivity index (χ0n) is 6.57. The molecule has 0 aliphatic carbocycles. The third kappa shape index (κ3) is 2.80. The van der Waals surface area contributed by atoms with Crippen LogP contribution in [0.2, 0.25) is 0 Å². The second-order valence-corrected chi connectivity index (χ2v) is 2.18. The van der Waals surface area contributed by atoms with Gasteiger partial charge in [0, 0.05) is 13.3 Å². The third-order valence-electron chi connectivity index (χ3n) is 1.32. The van der Waals surface area contributed by atoms with Crippen LogP contribution in [0.4, 0.5) is 0 Å². The minimum absolute atomic E-state index is 1.20. The Hall–Kier alpha value is -1.37. The van der Waals surface area contributed by atoms with E-state index >= 15 is 0 Å². The van der Waals surface area contributed by atoms with Crippen molar-refractivity contribution in [1.29, 1.82) is 0 Å². The maximum absolute atomic E-state index is 3.84. The Morgan fingerprint density at radius 2 is 1.91 bits per heavy atom. The van der Waals surface area contributed by atoms with Crippen molar-refractivity contribution in [1.82, 2.24) is 0 Å². The lowest BCUT2D eigenvalue weighted by atomic mass is 10.2. The molecule has 1 aromatic carbocycles. The molecule has 1 aromatic rings. The smallest absolute Gasteiger partial charge is 0.0277 e. The number of rotatable bonds is 2. The first-order valence-corrected chi connectivity index (χ1v) is 3.57. The molecule has 0 spiro atoms. The summed E-state index contributed by atoms with van der Waals surface area (Å²) in [6, 6.07) is 10.1. The van der Waals surface area contributed by atoms with E-state index in [2.05, 4.69) is 17.1 Å². The molecule has 0 saturated heterocycles. The van der Waals surface area contributed by atoms with Crippen LogP contribution >= 0.6 is 0 Å². The average molecular weight is 145 g/mol. The Kier molecular flexibility index (Phi) is 3.13. The highest BCUT2D eigenvalue weighted by molar-refractivity contribution is 5.77. The molecule has 1 nitrogen and oxygen atoms in total. The number of hydrogen-bond acceptors (Lipinski definition) is 1. The molecule has 0 aliphatic heterocycles. The molecule has 1 rings (SSSR count). The number of hydrogen-bond donors (Lipinski definition) is 0. The SMILES string of the molecule is C/N=C\C=C/c1ccccc1. The standard InChI is InChI=1S/C10H11N/c1-11-9-5-8-10-6-3-2-4-7-10/h2-9H,1H3/b8-5-,11-9-. The minimum atomic E-state index is 1.20. The van der Waals surface area contributed by atoms with Crippen LogP contribution in [0.3, 0.4) is 0 Å². The number of allylic oxidation sites excluding steroid dienone is 1. The molecule has 0 heterocycles. The summed E-state index contributed by atoms with van der Waals surface area (Å²) < 4.78 is 0. The summed E-state index contributed by atoms with van der Waals surface area (Å²) >= 11 is 0. The number of nitrogens with zero attached hydrogens (tertiary/aromatic N) is 1. The van der Waals surface area contributed by atoms with Gasteiger partial charge in [0.05, 0.1) is 0 Å². The predicted octanol–water partition coefficient (Wildman–Crippen LogP) is 2.40. The van der Waals surface area contributed by atoms with Crippen molar-refractivity contribution < 1.29 is 0 Å². The zero-order chi connectivity index (χ0) is 7.94. The minimum Gasteiger partial charge on any atom is -0.297 e. The molecule has 0 bridgehead atoms. The number of benzene rings is 1. The molecule has 56 valence electrons. The summed E-state index contributed by atoms with van der Waals surface area (Å²) in [5.74, 6) is 0. The lowest BCUT2D eigenvalue weighted by molar-refractivity contribution is 1.48. The highest BCUT2D eigenvalue weighted by atomic mass is 14.6. The Morgan fingerprint density at radius 3 is 2.55 bits per heavy atom. The first-order valence-electron chi connectivity index (χ1n) is 3.57. The second kappa shape index (κ2) is 4.45. The predicted molar refractivity (Wildman–Crippen MR) is 49.9 cm³/mol. The van der Waals surface area contributed by atoms with Crippen LogP contribution in [-0.4, -0.2) is 13.3 Å². The first-order chi connectivity index (χ1) is 5.43. The fourth-order valence-corrected chi connectivity index (χ4v) is 0.804. The summed E-state index contributed by atoms with van der Waals surface area (Å²) in [7, 11) is 1.76. The fraction of sp³-hybridized carbons (Fsp3) is 0.100. The van der Waals surface area contributed by atoms with E-state index in [0.717, 1.165) is 0 Å². The van der Waals surface area contributed by atoms with E-state index < -0.39 is 0 Å². The Balaban J connectivity index is 2.64. The van der Waals surface area contributed by atoms with Gasteiger partial charge in [-0.1, -0.05) is 36.4 Å². The molecule has 11 heavy (non-hydrogen) atoms. The van der Waals surface area contributed by atoms with Gasteiger partial charge in [-0.15, -0.1) is 0 Å². The molecule has 0 unspecified atom stereocenters. The van der Waals surface area contributed by atoms with Crippen molar-refractivity contribution in [3.8, 4) is 0 Å². The molecular weight excluding hydrogens is 134 g/mol. The topological polar surface area (TPSA) is 12.4 Å². The van der Waals surface area contributed by atoms with Crippen molar-refractivity contribution in [2.75, 3.05) is 7.05 Å². The molecule has 1 heteroatoms. The van der Waals surface area contributed by atoms with Gasteiger partial charge in [0.25, 0.3) is 0 Å². The quantitative estimate of drug-likeness (QED) is 0.567. The summed E-state index contributed by atoms with van der Waals surface area (Å²) in [6.07, 6.45) is 5.72. The fourth-order valence-electron chi connectivity index (χ4n) is 0.804. The van der Waals surface area contributed by atoms with E-state index in [1.54, 1.807) is 13.3 Å². The van der Waals surface area contributed by atoms with Crippen molar-refractivity contribution in [2.45, 2.75) is 0 Å². The molecule has 0 saturated carbocycles. The van der Waals surface area contributed by atoms with Gasteiger partial charge in [0.1, 0.15) is 0 Å². The van der Waals surface area contributed by atoms with E-state index in [1.807, 2.05) is 30.4 Å². The van der Waals surface area contributed by atoms with Gasteiger partial charge in [0.15, 0.2) is 0 Å². The molecule has 0 radical (unpaired) electrons. The van der Waals surface area contributed by atoms with Crippen LogP contribution < -0.4 is 0 Å². The zero-order valence-corrected chi connectivity index (χ0v) is 6.57. The Morgan fingerprint density at radius 1 is 1.18 bits per heavy atom. The molecule has 0 aliphatic rings. The monoisotopic (exact) mass is 145 g/mol. The lowest BCUT2D eigenvalue weighted by Gasteiger charge is -1.87. The van der Waals surface area contributed by atoms with Crippen molar-refractivity contribution in [2.24, 2.45) is 4.99 Å². The van der Waals surface area contributed by atoms with Crippen LogP contribution in [0.5, 0.6) is 0 Å². The maximum Gasteiger partial charge on any atom is 0.0277 e. The van der Waals surface area contributed by atoms with Gasteiger partial charge < -0.3 is 0 Å². The Bertz CT molecular complexity index is 247. The van der Waals surface area contributed by atoms with Gasteiger partial charge in [-0.3, -0.25) is 4.99 Å². The van der Waals surface area contributed by atoms with Gasteiger partial charge in [-0.05, 0) is 11.6 Å². The largest absolute Gasteiger partial charge is 0.297 e. The molecule has 0 atom stereocenters. The molecule has 0 N–H and O–H groups in total. The normalized spacial score (nSPS) is 11.4. The van der Waals surface area contributed by atoms with E-state index in [4.69, 9.17) is 0 Å². The summed E-state index contributed by atoms with van der Waals surface area (Å²) in [5.41, 5.74) is 1.20.